The lowest BCUT2D eigenvalue weighted by atomic mass is 10.0. The summed E-state index contributed by atoms with van der Waals surface area (Å²) in [6.45, 7) is 9.67. The highest BCUT2D eigenvalue weighted by Gasteiger charge is 2.18. The number of aliphatic carboxylic acids is 1. The predicted octanol–water partition coefficient (Wildman–Crippen LogP) is 4.02. The molecule has 112 valence electrons. The number of hydrogen-bond acceptors (Lipinski definition) is 2. The van der Waals surface area contributed by atoms with Gasteiger partial charge in [0.1, 0.15) is 0 Å². The third kappa shape index (κ3) is 4.55. The Morgan fingerprint density at radius 2 is 2.00 bits per heavy atom. The molecule has 20 heavy (non-hydrogen) atoms. The molecule has 0 aromatic heterocycles. The van der Waals surface area contributed by atoms with Crippen molar-refractivity contribution in [2.75, 3.05) is 18.0 Å². The van der Waals surface area contributed by atoms with E-state index in [0.717, 1.165) is 13.0 Å². The average Bonchev–Trinajstić information content (AvgIpc) is 2.41. The molecule has 0 fully saturated rings. The van der Waals surface area contributed by atoms with Gasteiger partial charge in [-0.1, -0.05) is 38.8 Å². The molecule has 0 aliphatic rings. The molecule has 1 atom stereocenters. The maximum absolute atomic E-state index is 11.1. The van der Waals surface area contributed by atoms with Gasteiger partial charge in [0, 0.05) is 18.8 Å². The van der Waals surface area contributed by atoms with Gasteiger partial charge in [0.25, 0.3) is 0 Å². The SMILES string of the molecule is CCCCCN(CC(C)C(=O)O)c1cccc(C)c1C. The largest absolute Gasteiger partial charge is 0.481 e. The first-order chi connectivity index (χ1) is 9.47. The Balaban J connectivity index is 2.90. The summed E-state index contributed by atoms with van der Waals surface area (Å²) in [7, 11) is 0. The van der Waals surface area contributed by atoms with Crippen molar-refractivity contribution < 1.29 is 9.90 Å². The number of unbranched alkanes of at least 4 members (excludes halogenated alkanes) is 2. The van der Waals surface area contributed by atoms with E-state index in [2.05, 4.69) is 43.9 Å². The van der Waals surface area contributed by atoms with Gasteiger partial charge >= 0.3 is 5.97 Å². The Labute approximate surface area is 122 Å². The van der Waals surface area contributed by atoms with Gasteiger partial charge in [0.15, 0.2) is 0 Å². The van der Waals surface area contributed by atoms with Crippen molar-refractivity contribution in [3.63, 3.8) is 0 Å². The van der Waals surface area contributed by atoms with Gasteiger partial charge in [-0.05, 0) is 37.5 Å². The predicted molar refractivity (Wildman–Crippen MR) is 84.5 cm³/mol. The molecule has 0 heterocycles. The summed E-state index contributed by atoms with van der Waals surface area (Å²) in [5.41, 5.74) is 3.68. The van der Waals surface area contributed by atoms with E-state index in [1.165, 1.54) is 29.7 Å². The van der Waals surface area contributed by atoms with Crippen molar-refractivity contribution in [1.82, 2.24) is 0 Å². The first kappa shape index (κ1) is 16.5. The molecule has 0 aliphatic heterocycles. The van der Waals surface area contributed by atoms with Gasteiger partial charge in [0.05, 0.1) is 5.92 Å². The Kier molecular flexibility index (Phi) is 6.56. The summed E-state index contributed by atoms with van der Waals surface area (Å²) in [6.07, 6.45) is 3.47. The number of carboxylic acid groups (broad SMARTS) is 1. The zero-order chi connectivity index (χ0) is 15.1. The number of benzene rings is 1. The van der Waals surface area contributed by atoms with Crippen molar-refractivity contribution in [3.05, 3.63) is 29.3 Å². The van der Waals surface area contributed by atoms with Crippen molar-refractivity contribution in [2.24, 2.45) is 5.92 Å². The van der Waals surface area contributed by atoms with Crippen LogP contribution < -0.4 is 4.90 Å². The molecular weight excluding hydrogens is 250 g/mol. The fourth-order valence-corrected chi connectivity index (χ4v) is 2.35. The molecule has 1 rings (SSSR count). The molecule has 1 aromatic rings. The van der Waals surface area contributed by atoms with E-state index in [4.69, 9.17) is 5.11 Å². The summed E-state index contributed by atoms with van der Waals surface area (Å²) >= 11 is 0. The normalized spacial score (nSPS) is 12.2. The second kappa shape index (κ2) is 7.93. The van der Waals surface area contributed by atoms with Crippen LogP contribution in [0.2, 0.25) is 0 Å². The number of aryl methyl sites for hydroxylation is 1. The zero-order valence-corrected chi connectivity index (χ0v) is 13.1. The highest BCUT2D eigenvalue weighted by Crippen LogP contribution is 2.24. The van der Waals surface area contributed by atoms with Crippen molar-refractivity contribution in [1.29, 1.82) is 0 Å². The Hall–Kier alpha value is -1.51. The summed E-state index contributed by atoms with van der Waals surface area (Å²) in [5, 5.41) is 9.15. The van der Waals surface area contributed by atoms with Crippen LogP contribution in [0.25, 0.3) is 0 Å². The monoisotopic (exact) mass is 277 g/mol. The number of rotatable bonds is 8. The summed E-state index contributed by atoms with van der Waals surface area (Å²) in [5.74, 6) is -1.08. The van der Waals surface area contributed by atoms with Gasteiger partial charge in [-0.15, -0.1) is 0 Å². The molecule has 0 bridgehead atoms. The second-order valence-corrected chi connectivity index (χ2v) is 5.61. The average molecular weight is 277 g/mol. The Morgan fingerprint density at radius 3 is 2.60 bits per heavy atom. The third-order valence-electron chi connectivity index (χ3n) is 3.86. The molecule has 0 aliphatic carbocycles. The zero-order valence-electron chi connectivity index (χ0n) is 13.1. The fraction of sp³-hybridized carbons (Fsp3) is 0.588. The van der Waals surface area contributed by atoms with E-state index in [1.54, 1.807) is 6.92 Å². The maximum atomic E-state index is 11.1. The van der Waals surface area contributed by atoms with Crippen LogP contribution in [-0.4, -0.2) is 24.2 Å². The van der Waals surface area contributed by atoms with Crippen LogP contribution >= 0.6 is 0 Å². The van der Waals surface area contributed by atoms with Crippen LogP contribution in [0.3, 0.4) is 0 Å². The first-order valence-corrected chi connectivity index (χ1v) is 7.51. The lowest BCUT2D eigenvalue weighted by Gasteiger charge is -2.28. The van der Waals surface area contributed by atoms with Gasteiger partial charge in [-0.25, -0.2) is 0 Å². The Bertz CT molecular complexity index is 443. The van der Waals surface area contributed by atoms with Crippen LogP contribution in [0.4, 0.5) is 5.69 Å². The van der Waals surface area contributed by atoms with Crippen LogP contribution in [0.5, 0.6) is 0 Å². The molecule has 0 saturated carbocycles. The van der Waals surface area contributed by atoms with Crippen LogP contribution in [0, 0.1) is 19.8 Å². The molecule has 1 aromatic carbocycles. The van der Waals surface area contributed by atoms with Crippen molar-refractivity contribution in [2.45, 2.75) is 47.0 Å². The number of carbonyl (C=O) groups is 1. The van der Waals surface area contributed by atoms with Gasteiger partial charge < -0.3 is 10.0 Å². The number of hydrogen-bond donors (Lipinski definition) is 1. The summed E-state index contributed by atoms with van der Waals surface area (Å²) in [6, 6.07) is 6.25. The van der Waals surface area contributed by atoms with Gasteiger partial charge in [-0.3, -0.25) is 4.79 Å². The summed E-state index contributed by atoms with van der Waals surface area (Å²) in [4.78, 5) is 13.4. The van der Waals surface area contributed by atoms with E-state index in [1.807, 2.05) is 0 Å². The van der Waals surface area contributed by atoms with E-state index >= 15 is 0 Å². The van der Waals surface area contributed by atoms with E-state index in [9.17, 15) is 4.79 Å². The van der Waals surface area contributed by atoms with Gasteiger partial charge in [-0.2, -0.15) is 0 Å². The quantitative estimate of drug-likeness (QED) is 0.730. The van der Waals surface area contributed by atoms with Gasteiger partial charge in [0.2, 0.25) is 0 Å². The number of nitrogens with zero attached hydrogens (tertiary/aromatic N) is 1. The molecule has 0 radical (unpaired) electrons. The molecular formula is C17H27NO2. The van der Waals surface area contributed by atoms with E-state index in [-0.39, 0.29) is 5.92 Å². The Morgan fingerprint density at radius 1 is 1.30 bits per heavy atom. The third-order valence-corrected chi connectivity index (χ3v) is 3.86. The molecule has 0 spiro atoms. The topological polar surface area (TPSA) is 40.5 Å². The second-order valence-electron chi connectivity index (χ2n) is 5.61. The maximum Gasteiger partial charge on any atom is 0.308 e. The molecule has 1 unspecified atom stereocenters. The lowest BCUT2D eigenvalue weighted by Crippen LogP contribution is -2.33. The van der Waals surface area contributed by atoms with Crippen molar-refractivity contribution >= 4 is 11.7 Å². The molecule has 0 amide bonds. The molecule has 3 heteroatoms. The minimum Gasteiger partial charge on any atom is -0.481 e. The lowest BCUT2D eigenvalue weighted by molar-refractivity contribution is -0.140. The summed E-state index contributed by atoms with van der Waals surface area (Å²) < 4.78 is 0. The fourth-order valence-electron chi connectivity index (χ4n) is 2.35. The molecule has 3 nitrogen and oxygen atoms in total. The van der Waals surface area contributed by atoms with E-state index < -0.39 is 5.97 Å². The highest BCUT2D eigenvalue weighted by atomic mass is 16.4. The number of carboxylic acids is 1. The smallest absolute Gasteiger partial charge is 0.308 e. The molecule has 0 saturated heterocycles. The minimum atomic E-state index is -0.726. The van der Waals surface area contributed by atoms with Crippen molar-refractivity contribution in [3.8, 4) is 0 Å². The van der Waals surface area contributed by atoms with Crippen LogP contribution in [-0.2, 0) is 4.79 Å². The van der Waals surface area contributed by atoms with Crippen LogP contribution in [0.15, 0.2) is 18.2 Å². The highest BCUT2D eigenvalue weighted by molar-refractivity contribution is 5.70. The van der Waals surface area contributed by atoms with Crippen LogP contribution in [0.1, 0.15) is 44.2 Å². The first-order valence-electron chi connectivity index (χ1n) is 7.51. The van der Waals surface area contributed by atoms with E-state index in [0.29, 0.717) is 6.54 Å². The minimum absolute atomic E-state index is 0.350. The standard InChI is InChI=1S/C17H27NO2/c1-5-6-7-11-18(12-14(3)17(19)20)16-10-8-9-13(2)15(16)4/h8-10,14H,5-7,11-12H2,1-4H3,(H,19,20). The molecule has 1 N–H and O–H groups in total. The number of anilines is 1.